The van der Waals surface area contributed by atoms with Crippen molar-refractivity contribution in [2.24, 2.45) is 5.92 Å². The van der Waals surface area contributed by atoms with E-state index in [-0.39, 0.29) is 17.6 Å². The molecule has 0 N–H and O–H groups in total. The van der Waals surface area contributed by atoms with Gasteiger partial charge in [-0.05, 0) is 25.3 Å². The average Bonchev–Trinajstić information content (AvgIpc) is 3.08. The average molecular weight is 350 g/mol. The van der Waals surface area contributed by atoms with Gasteiger partial charge >= 0.3 is 0 Å². The third-order valence-corrected chi connectivity index (χ3v) is 6.93. The summed E-state index contributed by atoms with van der Waals surface area (Å²) in [7, 11) is -3.33. The van der Waals surface area contributed by atoms with Crippen molar-refractivity contribution in [3.05, 3.63) is 35.4 Å². The number of amides is 1. The first kappa shape index (κ1) is 17.4. The van der Waals surface area contributed by atoms with E-state index < -0.39 is 10.0 Å². The number of rotatable bonds is 4. The topological polar surface area (TPSA) is 57.7 Å². The van der Waals surface area contributed by atoms with Gasteiger partial charge in [-0.3, -0.25) is 4.79 Å². The van der Waals surface area contributed by atoms with Crippen molar-refractivity contribution in [3.8, 4) is 0 Å². The lowest BCUT2D eigenvalue weighted by Gasteiger charge is -2.35. The van der Waals surface area contributed by atoms with Gasteiger partial charge < -0.3 is 4.90 Å². The van der Waals surface area contributed by atoms with E-state index >= 15 is 0 Å². The summed E-state index contributed by atoms with van der Waals surface area (Å²) < 4.78 is 26.8. The maximum atomic E-state index is 12.6. The number of nitrogens with zero attached hydrogens (tertiary/aromatic N) is 2. The summed E-state index contributed by atoms with van der Waals surface area (Å²) in [4.78, 5) is 14.3. The van der Waals surface area contributed by atoms with Crippen molar-refractivity contribution in [1.29, 1.82) is 0 Å². The molecule has 0 bridgehead atoms. The molecule has 2 aliphatic rings. The maximum absolute atomic E-state index is 12.6. The quantitative estimate of drug-likeness (QED) is 0.836. The molecule has 0 spiro atoms. The Bertz CT molecular complexity index is 688. The zero-order chi connectivity index (χ0) is 17.2. The van der Waals surface area contributed by atoms with Crippen LogP contribution in [0.4, 0.5) is 0 Å². The Morgan fingerprint density at radius 1 is 1.12 bits per heavy atom. The minimum absolute atomic E-state index is 0.0330. The smallest absolute Gasteiger partial charge is 0.225 e. The number of hydrogen-bond acceptors (Lipinski definition) is 3. The molecule has 0 unspecified atom stereocenters. The lowest BCUT2D eigenvalue weighted by Crippen LogP contribution is -2.51. The van der Waals surface area contributed by atoms with Crippen LogP contribution >= 0.6 is 0 Å². The van der Waals surface area contributed by atoms with E-state index in [0.29, 0.717) is 26.2 Å². The van der Waals surface area contributed by atoms with Gasteiger partial charge in [0.05, 0.1) is 5.75 Å². The van der Waals surface area contributed by atoms with Gasteiger partial charge in [-0.25, -0.2) is 8.42 Å². The highest BCUT2D eigenvalue weighted by Crippen LogP contribution is 2.27. The third-order valence-electron chi connectivity index (χ3n) is 5.08. The van der Waals surface area contributed by atoms with Crippen LogP contribution in [0, 0.1) is 12.8 Å². The highest BCUT2D eigenvalue weighted by atomic mass is 32.2. The number of aryl methyl sites for hydroxylation is 1. The van der Waals surface area contributed by atoms with Crippen LogP contribution < -0.4 is 0 Å². The summed E-state index contributed by atoms with van der Waals surface area (Å²) in [5.41, 5.74) is 1.88. The van der Waals surface area contributed by atoms with Gasteiger partial charge in [-0.1, -0.05) is 42.7 Å². The van der Waals surface area contributed by atoms with Crippen molar-refractivity contribution < 1.29 is 13.2 Å². The van der Waals surface area contributed by atoms with Crippen LogP contribution in [0.25, 0.3) is 0 Å². The third kappa shape index (κ3) is 3.98. The summed E-state index contributed by atoms with van der Waals surface area (Å²) in [6.45, 7) is 3.81. The van der Waals surface area contributed by atoms with Crippen LogP contribution in [0.1, 0.15) is 36.8 Å². The van der Waals surface area contributed by atoms with Gasteiger partial charge in [0, 0.05) is 32.1 Å². The SMILES string of the molecule is Cc1cccc(CS(=O)(=O)N2CCN(C(=O)C3CCCC3)CC2)c1. The number of hydrogen-bond donors (Lipinski definition) is 0. The van der Waals surface area contributed by atoms with E-state index in [9.17, 15) is 13.2 Å². The molecule has 6 heteroatoms. The zero-order valence-corrected chi connectivity index (χ0v) is 15.1. The maximum Gasteiger partial charge on any atom is 0.225 e. The van der Waals surface area contributed by atoms with E-state index in [2.05, 4.69) is 0 Å². The summed E-state index contributed by atoms with van der Waals surface area (Å²) in [5, 5.41) is 0. The van der Waals surface area contributed by atoms with Gasteiger partial charge in [0.1, 0.15) is 0 Å². The standard InChI is InChI=1S/C18H26N2O3S/c1-15-5-4-6-16(13-15)14-24(22,23)20-11-9-19(10-12-20)18(21)17-7-2-3-8-17/h4-6,13,17H,2-3,7-12,14H2,1H3. The van der Waals surface area contributed by atoms with Gasteiger partial charge in [0.15, 0.2) is 0 Å². The molecule has 3 rings (SSSR count). The molecule has 0 aromatic heterocycles. The predicted octanol–water partition coefficient (Wildman–Crippen LogP) is 2.16. The van der Waals surface area contributed by atoms with Gasteiger partial charge in [0.2, 0.25) is 15.9 Å². The van der Waals surface area contributed by atoms with E-state index in [0.717, 1.165) is 36.8 Å². The van der Waals surface area contributed by atoms with E-state index in [4.69, 9.17) is 0 Å². The molecule has 1 amide bonds. The fourth-order valence-electron chi connectivity index (χ4n) is 3.72. The summed E-state index contributed by atoms with van der Waals surface area (Å²) in [6.07, 6.45) is 4.26. The lowest BCUT2D eigenvalue weighted by molar-refractivity contribution is -0.136. The van der Waals surface area contributed by atoms with Crippen molar-refractivity contribution in [3.63, 3.8) is 0 Å². The molecular weight excluding hydrogens is 324 g/mol. The minimum atomic E-state index is -3.33. The molecule has 1 saturated heterocycles. The minimum Gasteiger partial charge on any atom is -0.340 e. The Morgan fingerprint density at radius 2 is 1.79 bits per heavy atom. The van der Waals surface area contributed by atoms with Crippen molar-refractivity contribution in [2.75, 3.05) is 26.2 Å². The second-order valence-corrected chi connectivity index (χ2v) is 8.92. The molecule has 0 radical (unpaired) electrons. The molecule has 1 aromatic rings. The van der Waals surface area contributed by atoms with Gasteiger partial charge in [-0.15, -0.1) is 0 Å². The Balaban J connectivity index is 1.58. The number of carbonyl (C=O) groups is 1. The van der Waals surface area contributed by atoms with E-state index in [1.165, 1.54) is 4.31 Å². The Morgan fingerprint density at radius 3 is 2.42 bits per heavy atom. The number of benzene rings is 1. The van der Waals surface area contributed by atoms with Crippen molar-refractivity contribution in [1.82, 2.24) is 9.21 Å². The van der Waals surface area contributed by atoms with Crippen LogP contribution in [0.3, 0.4) is 0 Å². The fourth-order valence-corrected chi connectivity index (χ4v) is 5.22. The van der Waals surface area contributed by atoms with Gasteiger partial charge in [0.25, 0.3) is 0 Å². The Labute approximate surface area is 144 Å². The first-order chi connectivity index (χ1) is 11.5. The molecule has 2 fully saturated rings. The molecular formula is C18H26N2O3S. The molecule has 132 valence electrons. The van der Waals surface area contributed by atoms with Crippen LogP contribution in [0.5, 0.6) is 0 Å². The summed E-state index contributed by atoms with van der Waals surface area (Å²) in [5.74, 6) is 0.425. The second kappa shape index (κ2) is 7.23. The largest absolute Gasteiger partial charge is 0.340 e. The van der Waals surface area contributed by atoms with Crippen LogP contribution in [-0.2, 0) is 20.6 Å². The summed E-state index contributed by atoms with van der Waals surface area (Å²) >= 11 is 0. The van der Waals surface area contributed by atoms with E-state index in [1.54, 1.807) is 0 Å². The van der Waals surface area contributed by atoms with E-state index in [1.807, 2.05) is 36.1 Å². The molecule has 1 aliphatic heterocycles. The van der Waals surface area contributed by atoms with Crippen LogP contribution in [0.2, 0.25) is 0 Å². The number of carbonyl (C=O) groups excluding carboxylic acids is 1. The van der Waals surface area contributed by atoms with Crippen LogP contribution in [-0.4, -0.2) is 49.7 Å². The molecule has 5 nitrogen and oxygen atoms in total. The monoisotopic (exact) mass is 350 g/mol. The Kier molecular flexibility index (Phi) is 5.25. The highest BCUT2D eigenvalue weighted by Gasteiger charge is 2.32. The zero-order valence-electron chi connectivity index (χ0n) is 14.3. The first-order valence-corrected chi connectivity index (χ1v) is 10.4. The first-order valence-electron chi connectivity index (χ1n) is 8.78. The predicted molar refractivity (Wildman–Crippen MR) is 93.9 cm³/mol. The fraction of sp³-hybridized carbons (Fsp3) is 0.611. The molecule has 1 aliphatic carbocycles. The van der Waals surface area contributed by atoms with Crippen molar-refractivity contribution >= 4 is 15.9 Å². The number of sulfonamides is 1. The van der Waals surface area contributed by atoms with Gasteiger partial charge in [-0.2, -0.15) is 4.31 Å². The van der Waals surface area contributed by atoms with Crippen LogP contribution in [0.15, 0.2) is 24.3 Å². The molecule has 1 aromatic carbocycles. The molecule has 24 heavy (non-hydrogen) atoms. The number of piperazine rings is 1. The van der Waals surface area contributed by atoms with Crippen molar-refractivity contribution in [2.45, 2.75) is 38.4 Å². The molecule has 1 heterocycles. The highest BCUT2D eigenvalue weighted by molar-refractivity contribution is 7.88. The lowest BCUT2D eigenvalue weighted by atomic mass is 10.1. The normalized spacial score (nSPS) is 20.5. The summed E-state index contributed by atoms with van der Waals surface area (Å²) in [6, 6.07) is 7.61. The Hall–Kier alpha value is -1.40. The second-order valence-electron chi connectivity index (χ2n) is 6.95. The molecule has 1 saturated carbocycles. The molecule has 0 atom stereocenters.